The maximum Gasteiger partial charge on any atom is 0.308 e. The van der Waals surface area contributed by atoms with Crippen molar-refractivity contribution in [2.45, 2.75) is 13.8 Å². The highest BCUT2D eigenvalue weighted by Crippen LogP contribution is 2.37. The molecule has 3 rings (SSSR count). The molecule has 0 saturated carbocycles. The van der Waals surface area contributed by atoms with Gasteiger partial charge in [-0.05, 0) is 24.3 Å². The SMILES string of the molecule is COc1ccc(-c2oc3cc(OC)cc(OC(C)=O)c3c(=O)c2OC(C)=O)cc1. The average molecular weight is 398 g/mol. The Hall–Kier alpha value is -3.81. The molecule has 0 saturated heterocycles. The first-order valence-electron chi connectivity index (χ1n) is 8.54. The van der Waals surface area contributed by atoms with Crippen molar-refractivity contribution in [3.05, 3.63) is 46.6 Å². The summed E-state index contributed by atoms with van der Waals surface area (Å²) in [6.07, 6.45) is 0. The zero-order chi connectivity index (χ0) is 21.1. The van der Waals surface area contributed by atoms with Gasteiger partial charge in [0, 0.05) is 31.5 Å². The third-order valence-electron chi connectivity index (χ3n) is 3.98. The molecule has 2 aromatic carbocycles. The minimum Gasteiger partial charge on any atom is -0.497 e. The second-order valence-electron chi connectivity index (χ2n) is 6.00. The van der Waals surface area contributed by atoms with Crippen molar-refractivity contribution < 1.29 is 33.0 Å². The largest absolute Gasteiger partial charge is 0.497 e. The van der Waals surface area contributed by atoms with Crippen LogP contribution in [-0.2, 0) is 9.59 Å². The van der Waals surface area contributed by atoms with Crippen LogP contribution in [0.3, 0.4) is 0 Å². The number of fused-ring (bicyclic) bond motifs is 1. The van der Waals surface area contributed by atoms with E-state index < -0.39 is 17.4 Å². The molecule has 8 heteroatoms. The summed E-state index contributed by atoms with van der Waals surface area (Å²) >= 11 is 0. The summed E-state index contributed by atoms with van der Waals surface area (Å²) in [5.74, 6) is -0.741. The van der Waals surface area contributed by atoms with E-state index in [0.717, 1.165) is 0 Å². The van der Waals surface area contributed by atoms with Crippen LogP contribution in [0.25, 0.3) is 22.3 Å². The Morgan fingerprint density at radius 1 is 0.862 bits per heavy atom. The fraction of sp³-hybridized carbons (Fsp3) is 0.190. The molecule has 1 aromatic heterocycles. The predicted octanol–water partition coefficient (Wildman–Crippen LogP) is 3.33. The van der Waals surface area contributed by atoms with Crippen LogP contribution in [0.4, 0.5) is 0 Å². The summed E-state index contributed by atoms with van der Waals surface area (Å²) in [5, 5.41) is -0.0467. The molecule has 0 spiro atoms. The van der Waals surface area contributed by atoms with Crippen molar-refractivity contribution in [1.82, 2.24) is 0 Å². The van der Waals surface area contributed by atoms with Crippen LogP contribution >= 0.6 is 0 Å². The van der Waals surface area contributed by atoms with Gasteiger partial charge >= 0.3 is 11.9 Å². The van der Waals surface area contributed by atoms with Gasteiger partial charge in [-0.1, -0.05) is 0 Å². The van der Waals surface area contributed by atoms with E-state index in [1.165, 1.54) is 40.2 Å². The molecule has 0 fully saturated rings. The maximum atomic E-state index is 13.2. The molecule has 8 nitrogen and oxygen atoms in total. The van der Waals surface area contributed by atoms with Gasteiger partial charge in [0.25, 0.3) is 0 Å². The minimum atomic E-state index is -0.700. The first kappa shape index (κ1) is 19.9. The number of esters is 2. The molecular formula is C21H18O8. The number of ether oxygens (including phenoxy) is 4. The summed E-state index contributed by atoms with van der Waals surface area (Å²) < 4.78 is 26.6. The van der Waals surface area contributed by atoms with Gasteiger partial charge < -0.3 is 23.4 Å². The maximum absolute atomic E-state index is 13.2. The topological polar surface area (TPSA) is 101 Å². The van der Waals surface area contributed by atoms with Crippen LogP contribution in [0.2, 0.25) is 0 Å². The van der Waals surface area contributed by atoms with Gasteiger partial charge in [-0.15, -0.1) is 0 Å². The van der Waals surface area contributed by atoms with Gasteiger partial charge in [-0.2, -0.15) is 0 Å². The molecule has 150 valence electrons. The standard InChI is InChI=1S/C21H18O8/c1-11(22)27-16-9-15(26-4)10-17-18(16)19(24)21(28-12(2)23)20(29-17)13-5-7-14(25-3)8-6-13/h5-10H,1-4H3. The lowest BCUT2D eigenvalue weighted by Crippen LogP contribution is -2.15. The molecule has 0 amide bonds. The fourth-order valence-electron chi connectivity index (χ4n) is 2.77. The Morgan fingerprint density at radius 3 is 2.03 bits per heavy atom. The molecule has 0 aliphatic rings. The van der Waals surface area contributed by atoms with Gasteiger partial charge in [-0.25, -0.2) is 0 Å². The molecule has 0 atom stereocenters. The van der Waals surface area contributed by atoms with E-state index in [9.17, 15) is 14.4 Å². The lowest BCUT2D eigenvalue weighted by Gasteiger charge is -2.13. The van der Waals surface area contributed by atoms with Crippen molar-refractivity contribution in [3.63, 3.8) is 0 Å². The van der Waals surface area contributed by atoms with Crippen LogP contribution < -0.4 is 24.4 Å². The van der Waals surface area contributed by atoms with Gasteiger partial charge in [0.15, 0.2) is 5.76 Å². The second kappa shape index (κ2) is 8.05. The number of rotatable bonds is 5. The lowest BCUT2D eigenvalue weighted by molar-refractivity contribution is -0.133. The summed E-state index contributed by atoms with van der Waals surface area (Å²) in [4.78, 5) is 36.3. The molecule has 1 heterocycles. The average Bonchev–Trinajstić information content (AvgIpc) is 2.68. The second-order valence-corrected chi connectivity index (χ2v) is 6.00. The van der Waals surface area contributed by atoms with Crippen molar-refractivity contribution in [3.8, 4) is 34.3 Å². The Bertz CT molecular complexity index is 1140. The first-order chi connectivity index (χ1) is 13.8. The quantitative estimate of drug-likeness (QED) is 0.476. The van der Waals surface area contributed by atoms with E-state index in [1.807, 2.05) is 0 Å². The molecular weight excluding hydrogens is 380 g/mol. The number of carbonyl (C=O) groups is 2. The van der Waals surface area contributed by atoms with Gasteiger partial charge in [0.1, 0.15) is 28.2 Å². The summed E-state index contributed by atoms with van der Waals surface area (Å²) in [6.45, 7) is 2.37. The highest BCUT2D eigenvalue weighted by molar-refractivity contribution is 5.91. The van der Waals surface area contributed by atoms with Crippen molar-refractivity contribution >= 4 is 22.9 Å². The minimum absolute atomic E-state index is 0.0439. The first-order valence-corrected chi connectivity index (χ1v) is 8.54. The molecule has 3 aromatic rings. The van der Waals surface area contributed by atoms with Crippen molar-refractivity contribution in [1.29, 1.82) is 0 Å². The van der Waals surface area contributed by atoms with Crippen LogP contribution in [0, 0.1) is 0 Å². The highest BCUT2D eigenvalue weighted by atomic mass is 16.5. The van der Waals surface area contributed by atoms with Gasteiger partial charge in [-0.3, -0.25) is 14.4 Å². The van der Waals surface area contributed by atoms with Crippen LogP contribution in [0.1, 0.15) is 13.8 Å². The smallest absolute Gasteiger partial charge is 0.308 e. The molecule has 0 aliphatic heterocycles. The molecule has 0 unspecified atom stereocenters. The van der Waals surface area contributed by atoms with Gasteiger partial charge in [0.05, 0.1) is 14.2 Å². The predicted molar refractivity (Wildman–Crippen MR) is 104 cm³/mol. The van der Waals surface area contributed by atoms with Crippen LogP contribution in [0.15, 0.2) is 45.6 Å². The monoisotopic (exact) mass is 398 g/mol. The van der Waals surface area contributed by atoms with Crippen molar-refractivity contribution in [2.75, 3.05) is 14.2 Å². The summed E-state index contributed by atoms with van der Waals surface area (Å²) in [5.41, 5.74) is -0.0728. The van der Waals surface area contributed by atoms with Crippen molar-refractivity contribution in [2.24, 2.45) is 0 Å². The van der Waals surface area contributed by atoms with E-state index in [4.69, 9.17) is 23.4 Å². The number of carbonyl (C=O) groups excluding carboxylic acids is 2. The van der Waals surface area contributed by atoms with E-state index in [2.05, 4.69) is 0 Å². The Kier molecular flexibility index (Phi) is 5.54. The number of methoxy groups -OCH3 is 2. The zero-order valence-corrected chi connectivity index (χ0v) is 16.2. The summed E-state index contributed by atoms with van der Waals surface area (Å²) in [7, 11) is 2.95. The fourth-order valence-corrected chi connectivity index (χ4v) is 2.77. The zero-order valence-electron chi connectivity index (χ0n) is 16.2. The van der Waals surface area contributed by atoms with Crippen LogP contribution in [-0.4, -0.2) is 26.2 Å². The van der Waals surface area contributed by atoms with E-state index in [1.54, 1.807) is 24.3 Å². The molecule has 29 heavy (non-hydrogen) atoms. The third kappa shape index (κ3) is 4.06. The van der Waals surface area contributed by atoms with Crippen LogP contribution in [0.5, 0.6) is 23.0 Å². The molecule has 0 bridgehead atoms. The van der Waals surface area contributed by atoms with Gasteiger partial charge in [0.2, 0.25) is 11.2 Å². The highest BCUT2D eigenvalue weighted by Gasteiger charge is 2.23. The number of hydrogen-bond acceptors (Lipinski definition) is 8. The third-order valence-corrected chi connectivity index (χ3v) is 3.98. The molecule has 0 N–H and O–H groups in total. The Labute approximate surface area is 165 Å². The summed E-state index contributed by atoms with van der Waals surface area (Å²) in [6, 6.07) is 9.52. The Balaban J connectivity index is 2.36. The van der Waals surface area contributed by atoms with E-state index in [0.29, 0.717) is 17.1 Å². The van der Waals surface area contributed by atoms with E-state index >= 15 is 0 Å². The Morgan fingerprint density at radius 2 is 1.48 bits per heavy atom. The molecule has 0 radical (unpaired) electrons. The van der Waals surface area contributed by atoms with E-state index in [-0.39, 0.29) is 28.2 Å². The number of benzene rings is 2. The molecule has 0 aliphatic carbocycles. The normalized spacial score (nSPS) is 10.5. The lowest BCUT2D eigenvalue weighted by atomic mass is 10.1. The number of hydrogen-bond donors (Lipinski definition) is 0.